The number of anilines is 1. The number of aryl methyl sites for hydroxylation is 1. The molecule has 0 saturated heterocycles. The third kappa shape index (κ3) is 2.47. The molecule has 22 heavy (non-hydrogen) atoms. The van der Waals surface area contributed by atoms with Crippen LogP contribution >= 0.6 is 0 Å². The molecule has 4 rings (SSSR count). The summed E-state index contributed by atoms with van der Waals surface area (Å²) >= 11 is 0. The molecule has 6 nitrogen and oxygen atoms in total. The van der Waals surface area contributed by atoms with Crippen molar-refractivity contribution < 1.29 is 18.8 Å². The Balaban J connectivity index is 1.50. The van der Waals surface area contributed by atoms with Crippen molar-refractivity contribution in [1.82, 2.24) is 5.16 Å². The zero-order chi connectivity index (χ0) is 15.1. The van der Waals surface area contributed by atoms with Gasteiger partial charge in [0.15, 0.2) is 5.69 Å². The summed E-state index contributed by atoms with van der Waals surface area (Å²) in [6.07, 6.45) is 3.25. The SMILES string of the molecule is O=C1CCc2cc(OC(=O)c3cc(C4CC4)on3)ccc2N1. The Hall–Kier alpha value is -2.63. The summed E-state index contributed by atoms with van der Waals surface area (Å²) in [6.45, 7) is 0. The lowest BCUT2D eigenvalue weighted by Crippen LogP contribution is -2.19. The number of nitrogens with zero attached hydrogens (tertiary/aromatic N) is 1. The molecule has 6 heteroatoms. The molecular weight excluding hydrogens is 284 g/mol. The lowest BCUT2D eigenvalue weighted by molar-refractivity contribution is -0.116. The standard InChI is InChI=1S/C16H14N2O4/c19-15-6-3-10-7-11(4-5-12(10)17-15)21-16(20)13-8-14(22-18-13)9-1-2-9/h4-5,7-9H,1-3,6H2,(H,17,19). The van der Waals surface area contributed by atoms with Gasteiger partial charge in [0.1, 0.15) is 11.5 Å². The summed E-state index contributed by atoms with van der Waals surface area (Å²) in [4.78, 5) is 23.4. The van der Waals surface area contributed by atoms with Gasteiger partial charge < -0.3 is 14.6 Å². The molecule has 0 radical (unpaired) electrons. The van der Waals surface area contributed by atoms with Crippen LogP contribution in [0.15, 0.2) is 28.8 Å². The second-order valence-corrected chi connectivity index (χ2v) is 5.65. The predicted molar refractivity (Wildman–Crippen MR) is 76.8 cm³/mol. The minimum Gasteiger partial charge on any atom is -0.422 e. The number of carbonyl (C=O) groups is 2. The molecule has 2 heterocycles. The highest BCUT2D eigenvalue weighted by atomic mass is 16.5. The van der Waals surface area contributed by atoms with Gasteiger partial charge >= 0.3 is 5.97 Å². The fraction of sp³-hybridized carbons (Fsp3) is 0.312. The Labute approximate surface area is 126 Å². The van der Waals surface area contributed by atoms with Gasteiger partial charge in [-0.2, -0.15) is 0 Å². The fourth-order valence-corrected chi connectivity index (χ4v) is 2.53. The molecule has 0 spiro atoms. The van der Waals surface area contributed by atoms with Crippen LogP contribution in [-0.4, -0.2) is 17.0 Å². The van der Waals surface area contributed by atoms with E-state index in [1.54, 1.807) is 24.3 Å². The van der Waals surface area contributed by atoms with Gasteiger partial charge in [-0.1, -0.05) is 5.16 Å². The highest BCUT2D eigenvalue weighted by Gasteiger charge is 2.29. The van der Waals surface area contributed by atoms with Crippen LogP contribution in [-0.2, 0) is 11.2 Å². The summed E-state index contributed by atoms with van der Waals surface area (Å²) in [7, 11) is 0. The Morgan fingerprint density at radius 1 is 1.27 bits per heavy atom. The van der Waals surface area contributed by atoms with Crippen molar-refractivity contribution >= 4 is 17.6 Å². The van der Waals surface area contributed by atoms with Crippen molar-refractivity contribution in [3.8, 4) is 5.75 Å². The average Bonchev–Trinajstić information content (AvgIpc) is 3.24. The van der Waals surface area contributed by atoms with Crippen LogP contribution in [0.4, 0.5) is 5.69 Å². The molecule has 2 aliphatic rings. The van der Waals surface area contributed by atoms with Gasteiger partial charge in [0.05, 0.1) is 0 Å². The third-order valence-electron chi connectivity index (χ3n) is 3.90. The number of ether oxygens (including phenoxy) is 1. The highest BCUT2D eigenvalue weighted by molar-refractivity contribution is 5.94. The molecule has 0 bridgehead atoms. The second-order valence-electron chi connectivity index (χ2n) is 5.65. The molecule has 1 amide bonds. The first-order valence-electron chi connectivity index (χ1n) is 7.30. The van der Waals surface area contributed by atoms with Gasteiger partial charge in [-0.3, -0.25) is 4.79 Å². The van der Waals surface area contributed by atoms with E-state index < -0.39 is 5.97 Å². The van der Waals surface area contributed by atoms with Crippen LogP contribution in [0.2, 0.25) is 0 Å². The molecule has 1 N–H and O–H groups in total. The Morgan fingerprint density at radius 2 is 2.14 bits per heavy atom. The summed E-state index contributed by atoms with van der Waals surface area (Å²) in [5, 5.41) is 6.55. The van der Waals surface area contributed by atoms with Crippen molar-refractivity contribution in [2.45, 2.75) is 31.6 Å². The largest absolute Gasteiger partial charge is 0.422 e. The number of nitrogens with one attached hydrogen (secondary N) is 1. The quantitative estimate of drug-likeness (QED) is 0.696. The first-order valence-corrected chi connectivity index (χ1v) is 7.30. The van der Waals surface area contributed by atoms with Gasteiger partial charge in [0, 0.05) is 24.1 Å². The van der Waals surface area contributed by atoms with Crippen LogP contribution in [0.1, 0.15) is 47.0 Å². The predicted octanol–water partition coefficient (Wildman–Crippen LogP) is 2.66. The molecule has 1 aliphatic carbocycles. The molecule has 1 saturated carbocycles. The van der Waals surface area contributed by atoms with E-state index in [-0.39, 0.29) is 11.6 Å². The summed E-state index contributed by atoms with van der Waals surface area (Å²) in [5.74, 6) is 1.07. The molecule has 1 fully saturated rings. The minimum atomic E-state index is -0.532. The van der Waals surface area contributed by atoms with Crippen LogP contribution in [0, 0.1) is 0 Å². The molecule has 1 aliphatic heterocycles. The van der Waals surface area contributed by atoms with E-state index >= 15 is 0 Å². The van der Waals surface area contributed by atoms with Gasteiger partial charge in [-0.25, -0.2) is 4.79 Å². The number of hydrogen-bond donors (Lipinski definition) is 1. The molecule has 112 valence electrons. The molecule has 0 unspecified atom stereocenters. The second kappa shape index (κ2) is 4.98. The van der Waals surface area contributed by atoms with Gasteiger partial charge in [0.2, 0.25) is 5.91 Å². The highest BCUT2D eigenvalue weighted by Crippen LogP contribution is 2.40. The summed E-state index contributed by atoms with van der Waals surface area (Å²) in [6, 6.07) is 6.82. The van der Waals surface area contributed by atoms with E-state index in [4.69, 9.17) is 9.26 Å². The molecular formula is C16H14N2O4. The number of aromatic nitrogens is 1. The van der Waals surface area contributed by atoms with Gasteiger partial charge in [-0.15, -0.1) is 0 Å². The zero-order valence-corrected chi connectivity index (χ0v) is 11.8. The van der Waals surface area contributed by atoms with Crippen molar-refractivity contribution in [3.05, 3.63) is 41.3 Å². The first kappa shape index (κ1) is 13.1. The van der Waals surface area contributed by atoms with E-state index in [0.29, 0.717) is 24.5 Å². The van der Waals surface area contributed by atoms with Crippen molar-refractivity contribution in [2.24, 2.45) is 0 Å². The maximum Gasteiger partial charge on any atom is 0.365 e. The van der Waals surface area contributed by atoms with Crippen molar-refractivity contribution in [2.75, 3.05) is 5.32 Å². The van der Waals surface area contributed by atoms with E-state index in [9.17, 15) is 9.59 Å². The normalized spacial score (nSPS) is 16.8. The smallest absolute Gasteiger partial charge is 0.365 e. The first-order chi connectivity index (χ1) is 10.7. The third-order valence-corrected chi connectivity index (χ3v) is 3.90. The fourth-order valence-electron chi connectivity index (χ4n) is 2.53. The van der Waals surface area contributed by atoms with Crippen LogP contribution in [0.5, 0.6) is 5.75 Å². The van der Waals surface area contributed by atoms with E-state index in [1.807, 2.05) is 0 Å². The van der Waals surface area contributed by atoms with E-state index in [1.165, 1.54) is 0 Å². The maximum absolute atomic E-state index is 12.1. The Bertz CT molecular complexity index is 761. The lowest BCUT2D eigenvalue weighted by Gasteiger charge is -2.17. The van der Waals surface area contributed by atoms with Gasteiger partial charge in [0.25, 0.3) is 0 Å². The lowest BCUT2D eigenvalue weighted by atomic mass is 10.0. The van der Waals surface area contributed by atoms with Crippen LogP contribution in [0.3, 0.4) is 0 Å². The molecule has 0 atom stereocenters. The van der Waals surface area contributed by atoms with Crippen LogP contribution in [0.25, 0.3) is 0 Å². The zero-order valence-electron chi connectivity index (χ0n) is 11.8. The molecule has 1 aromatic carbocycles. The number of fused-ring (bicyclic) bond motifs is 1. The number of amides is 1. The van der Waals surface area contributed by atoms with Crippen LogP contribution < -0.4 is 10.1 Å². The maximum atomic E-state index is 12.1. The molecule has 1 aromatic heterocycles. The monoisotopic (exact) mass is 298 g/mol. The molecule has 2 aromatic rings. The van der Waals surface area contributed by atoms with Crippen molar-refractivity contribution in [1.29, 1.82) is 0 Å². The summed E-state index contributed by atoms with van der Waals surface area (Å²) < 4.78 is 10.5. The van der Waals surface area contributed by atoms with E-state index in [2.05, 4.69) is 10.5 Å². The summed E-state index contributed by atoms with van der Waals surface area (Å²) in [5.41, 5.74) is 1.92. The average molecular weight is 298 g/mol. The van der Waals surface area contributed by atoms with Gasteiger partial charge in [-0.05, 0) is 43.0 Å². The number of rotatable bonds is 3. The minimum absolute atomic E-state index is 0.00690. The van der Waals surface area contributed by atoms with E-state index in [0.717, 1.165) is 29.9 Å². The van der Waals surface area contributed by atoms with Crippen molar-refractivity contribution in [3.63, 3.8) is 0 Å². The topological polar surface area (TPSA) is 81.4 Å². The number of hydrogen-bond acceptors (Lipinski definition) is 5. The number of benzene rings is 1. The number of carbonyl (C=O) groups excluding carboxylic acids is 2. The Morgan fingerprint density at radius 3 is 2.95 bits per heavy atom. The Kier molecular flexibility index (Phi) is 2.96. The number of esters is 1.